The first-order valence-electron chi connectivity index (χ1n) is 10.4. The van der Waals surface area contributed by atoms with E-state index in [2.05, 4.69) is 0 Å². The SMILES string of the molecule is COc1cccc(OCc2ccccc2)c1/C=C/C(=O)CCCOCc1ccccc1. The van der Waals surface area contributed by atoms with Crippen LogP contribution in [0.5, 0.6) is 11.5 Å². The summed E-state index contributed by atoms with van der Waals surface area (Å²) < 4.78 is 17.1. The number of benzene rings is 3. The predicted octanol–water partition coefficient (Wildman–Crippen LogP) is 5.85. The van der Waals surface area contributed by atoms with E-state index in [0.29, 0.717) is 44.2 Å². The monoisotopic (exact) mass is 416 g/mol. The molecule has 0 radical (unpaired) electrons. The largest absolute Gasteiger partial charge is 0.496 e. The van der Waals surface area contributed by atoms with Crippen molar-refractivity contribution in [2.24, 2.45) is 0 Å². The Morgan fingerprint density at radius 2 is 1.45 bits per heavy atom. The molecule has 0 saturated heterocycles. The predicted molar refractivity (Wildman–Crippen MR) is 123 cm³/mol. The van der Waals surface area contributed by atoms with Crippen LogP contribution in [0.2, 0.25) is 0 Å². The van der Waals surface area contributed by atoms with Gasteiger partial charge in [-0.2, -0.15) is 0 Å². The van der Waals surface area contributed by atoms with E-state index < -0.39 is 0 Å². The Hall–Kier alpha value is -3.37. The standard InChI is InChI=1S/C27H28O4/c1-29-26-15-8-16-27(31-21-23-12-6-3-7-13-23)25(26)18-17-24(28)14-9-19-30-20-22-10-4-2-5-11-22/h2-8,10-13,15-18H,9,14,19-21H2,1H3/b18-17+. The molecule has 0 amide bonds. The van der Waals surface area contributed by atoms with Crippen LogP contribution < -0.4 is 9.47 Å². The molecule has 0 saturated carbocycles. The van der Waals surface area contributed by atoms with Crippen molar-refractivity contribution in [2.45, 2.75) is 26.1 Å². The second-order valence-corrected chi connectivity index (χ2v) is 7.09. The van der Waals surface area contributed by atoms with Crippen LogP contribution in [0, 0.1) is 0 Å². The van der Waals surface area contributed by atoms with Gasteiger partial charge in [0.15, 0.2) is 5.78 Å². The van der Waals surface area contributed by atoms with E-state index in [1.807, 2.05) is 78.9 Å². The molecule has 0 aliphatic heterocycles. The average molecular weight is 417 g/mol. The Kier molecular flexibility index (Phi) is 8.89. The molecular formula is C27H28O4. The Bertz CT molecular complexity index is 965. The van der Waals surface area contributed by atoms with Gasteiger partial charge in [-0.15, -0.1) is 0 Å². The van der Waals surface area contributed by atoms with E-state index in [-0.39, 0.29) is 5.78 Å². The molecule has 3 aromatic carbocycles. The molecule has 4 nitrogen and oxygen atoms in total. The van der Waals surface area contributed by atoms with Crippen LogP contribution in [0.4, 0.5) is 0 Å². The highest BCUT2D eigenvalue weighted by atomic mass is 16.5. The van der Waals surface area contributed by atoms with Gasteiger partial charge < -0.3 is 14.2 Å². The van der Waals surface area contributed by atoms with Gasteiger partial charge in [-0.1, -0.05) is 66.7 Å². The van der Waals surface area contributed by atoms with Gasteiger partial charge in [-0.05, 0) is 41.8 Å². The van der Waals surface area contributed by atoms with Gasteiger partial charge in [-0.3, -0.25) is 4.79 Å². The summed E-state index contributed by atoms with van der Waals surface area (Å²) in [5, 5.41) is 0. The fourth-order valence-electron chi connectivity index (χ4n) is 3.10. The molecule has 0 aromatic heterocycles. The highest BCUT2D eigenvalue weighted by Crippen LogP contribution is 2.30. The molecule has 0 fully saturated rings. The zero-order valence-corrected chi connectivity index (χ0v) is 17.8. The Morgan fingerprint density at radius 1 is 0.806 bits per heavy atom. The Balaban J connectivity index is 1.51. The summed E-state index contributed by atoms with van der Waals surface area (Å²) in [7, 11) is 1.61. The maximum Gasteiger partial charge on any atom is 0.155 e. The molecular weight excluding hydrogens is 388 g/mol. The molecule has 0 aliphatic carbocycles. The lowest BCUT2D eigenvalue weighted by molar-refractivity contribution is -0.114. The van der Waals surface area contributed by atoms with Gasteiger partial charge in [-0.25, -0.2) is 0 Å². The van der Waals surface area contributed by atoms with Crippen LogP contribution in [0.1, 0.15) is 29.5 Å². The summed E-state index contributed by atoms with van der Waals surface area (Å²) >= 11 is 0. The first-order chi connectivity index (χ1) is 15.3. The van der Waals surface area contributed by atoms with Gasteiger partial charge in [0.1, 0.15) is 18.1 Å². The number of ketones is 1. The van der Waals surface area contributed by atoms with Gasteiger partial charge in [0, 0.05) is 13.0 Å². The third-order valence-corrected chi connectivity index (χ3v) is 4.74. The first-order valence-corrected chi connectivity index (χ1v) is 10.4. The Morgan fingerprint density at radius 3 is 2.13 bits per heavy atom. The summed E-state index contributed by atoms with van der Waals surface area (Å²) in [5.74, 6) is 1.39. The number of hydrogen-bond donors (Lipinski definition) is 0. The molecule has 0 bridgehead atoms. The molecule has 3 rings (SSSR count). The van der Waals surface area contributed by atoms with E-state index in [9.17, 15) is 4.79 Å². The lowest BCUT2D eigenvalue weighted by atomic mass is 10.1. The highest BCUT2D eigenvalue weighted by Gasteiger charge is 2.09. The third kappa shape index (κ3) is 7.43. The van der Waals surface area contributed by atoms with Crippen molar-refractivity contribution in [3.8, 4) is 11.5 Å². The van der Waals surface area contributed by atoms with Crippen LogP contribution in [-0.4, -0.2) is 19.5 Å². The van der Waals surface area contributed by atoms with E-state index in [4.69, 9.17) is 14.2 Å². The minimum Gasteiger partial charge on any atom is -0.496 e. The normalized spacial score (nSPS) is 10.9. The second-order valence-electron chi connectivity index (χ2n) is 7.09. The average Bonchev–Trinajstić information content (AvgIpc) is 2.82. The molecule has 3 aromatic rings. The van der Waals surface area contributed by atoms with Gasteiger partial charge in [0.05, 0.1) is 19.3 Å². The lowest BCUT2D eigenvalue weighted by Gasteiger charge is -2.12. The van der Waals surface area contributed by atoms with Crippen LogP contribution in [0.3, 0.4) is 0 Å². The first kappa shape index (κ1) is 22.3. The number of allylic oxidation sites excluding steroid dienone is 1. The van der Waals surface area contributed by atoms with Crippen molar-refractivity contribution in [3.05, 3.63) is 102 Å². The van der Waals surface area contributed by atoms with Crippen LogP contribution >= 0.6 is 0 Å². The zero-order chi connectivity index (χ0) is 21.7. The summed E-state index contributed by atoms with van der Waals surface area (Å²) in [5.41, 5.74) is 2.97. The number of ether oxygens (including phenoxy) is 3. The summed E-state index contributed by atoms with van der Waals surface area (Å²) in [6.07, 6.45) is 4.47. The molecule has 0 aliphatic rings. The van der Waals surface area contributed by atoms with Crippen molar-refractivity contribution >= 4 is 11.9 Å². The van der Waals surface area contributed by atoms with E-state index >= 15 is 0 Å². The minimum atomic E-state index is 0.0447. The highest BCUT2D eigenvalue weighted by molar-refractivity contribution is 5.94. The summed E-state index contributed by atoms with van der Waals surface area (Å²) in [6.45, 7) is 1.56. The van der Waals surface area contributed by atoms with Crippen molar-refractivity contribution in [1.29, 1.82) is 0 Å². The lowest BCUT2D eigenvalue weighted by Crippen LogP contribution is -2.00. The van der Waals surface area contributed by atoms with Crippen molar-refractivity contribution < 1.29 is 19.0 Å². The van der Waals surface area contributed by atoms with Gasteiger partial charge >= 0.3 is 0 Å². The van der Waals surface area contributed by atoms with Crippen molar-refractivity contribution in [2.75, 3.05) is 13.7 Å². The smallest absolute Gasteiger partial charge is 0.155 e. The summed E-state index contributed by atoms with van der Waals surface area (Å²) in [6, 6.07) is 25.6. The second kappa shape index (κ2) is 12.4. The van der Waals surface area contributed by atoms with Crippen molar-refractivity contribution in [1.82, 2.24) is 0 Å². The number of carbonyl (C=O) groups is 1. The van der Waals surface area contributed by atoms with Crippen molar-refractivity contribution in [3.63, 3.8) is 0 Å². The fraction of sp³-hybridized carbons (Fsp3) is 0.222. The molecule has 0 atom stereocenters. The molecule has 0 unspecified atom stereocenters. The quantitative estimate of drug-likeness (QED) is 0.274. The molecule has 0 heterocycles. The van der Waals surface area contributed by atoms with E-state index in [1.165, 1.54) is 0 Å². The molecule has 4 heteroatoms. The minimum absolute atomic E-state index is 0.0447. The van der Waals surface area contributed by atoms with Crippen LogP contribution in [0.15, 0.2) is 84.9 Å². The number of rotatable bonds is 12. The van der Waals surface area contributed by atoms with Gasteiger partial charge in [0.25, 0.3) is 0 Å². The molecule has 0 spiro atoms. The third-order valence-electron chi connectivity index (χ3n) is 4.74. The number of methoxy groups -OCH3 is 1. The molecule has 160 valence electrons. The van der Waals surface area contributed by atoms with E-state index in [1.54, 1.807) is 19.3 Å². The van der Waals surface area contributed by atoms with Crippen LogP contribution in [-0.2, 0) is 22.7 Å². The maximum atomic E-state index is 12.3. The Labute approximate surface area is 184 Å². The fourth-order valence-corrected chi connectivity index (χ4v) is 3.10. The zero-order valence-electron chi connectivity index (χ0n) is 17.8. The maximum absolute atomic E-state index is 12.3. The topological polar surface area (TPSA) is 44.8 Å². The number of carbonyl (C=O) groups excluding carboxylic acids is 1. The van der Waals surface area contributed by atoms with Crippen LogP contribution in [0.25, 0.3) is 6.08 Å². The van der Waals surface area contributed by atoms with E-state index in [0.717, 1.165) is 16.7 Å². The molecule has 31 heavy (non-hydrogen) atoms. The molecule has 0 N–H and O–H groups in total. The summed E-state index contributed by atoms with van der Waals surface area (Å²) in [4.78, 5) is 12.3. The van der Waals surface area contributed by atoms with Gasteiger partial charge in [0.2, 0.25) is 0 Å². The number of hydrogen-bond acceptors (Lipinski definition) is 4.